The lowest BCUT2D eigenvalue weighted by Gasteiger charge is -2.42. The van der Waals surface area contributed by atoms with Crippen LogP contribution in [0.1, 0.15) is 64.7 Å². The number of ether oxygens (including phenoxy) is 1. The van der Waals surface area contributed by atoms with Gasteiger partial charge in [-0.25, -0.2) is 13.2 Å². The summed E-state index contributed by atoms with van der Waals surface area (Å²) in [5.41, 5.74) is -1.99. The van der Waals surface area contributed by atoms with Gasteiger partial charge in [0.25, 0.3) is 11.8 Å². The van der Waals surface area contributed by atoms with Crippen molar-refractivity contribution < 1.29 is 32.3 Å². The summed E-state index contributed by atoms with van der Waals surface area (Å²) in [7, 11) is 0. The second-order valence-corrected chi connectivity index (χ2v) is 11.2. The zero-order valence-electron chi connectivity index (χ0n) is 23.5. The predicted molar refractivity (Wildman–Crippen MR) is 150 cm³/mol. The number of carbonyl (C=O) groups excluding carboxylic acids is 2. The van der Waals surface area contributed by atoms with Crippen molar-refractivity contribution in [2.45, 2.75) is 63.7 Å². The van der Waals surface area contributed by atoms with Crippen molar-refractivity contribution in [3.8, 4) is 5.75 Å². The van der Waals surface area contributed by atoms with Gasteiger partial charge in [-0.2, -0.15) is 0 Å². The minimum Gasteiger partial charge on any atom is -0.483 e. The van der Waals surface area contributed by atoms with Gasteiger partial charge in [-0.3, -0.25) is 14.4 Å². The molecule has 9 nitrogen and oxygen atoms in total. The topological polar surface area (TPSA) is 102 Å². The number of pyridine rings is 1. The van der Waals surface area contributed by atoms with Crippen LogP contribution in [-0.4, -0.2) is 51.4 Å². The summed E-state index contributed by atoms with van der Waals surface area (Å²) < 4.78 is 50.9. The van der Waals surface area contributed by atoms with Gasteiger partial charge in [-0.05, 0) is 38.3 Å². The quantitative estimate of drug-likeness (QED) is 0.459. The molecule has 4 heterocycles. The zero-order valence-corrected chi connectivity index (χ0v) is 23.5. The number of hydrogen-bond donors (Lipinski definition) is 1. The SMILES string of the molecule is CC1=NO[C@@]2(CC[C@H](C)N3C[C@H]2n2cc(C(=O)NCc4ccc(F)cc4F)c(=O)c(OCc4ccccc4)c2C3=O)C1F. The number of alkyl halides is 1. The first kappa shape index (κ1) is 28.5. The van der Waals surface area contributed by atoms with E-state index < -0.39 is 52.3 Å². The number of carbonyl (C=O) groups is 2. The Hall–Kier alpha value is -4.61. The third-order valence-electron chi connectivity index (χ3n) is 8.49. The summed E-state index contributed by atoms with van der Waals surface area (Å²) in [5, 5.41) is 6.44. The van der Waals surface area contributed by atoms with Gasteiger partial charge in [-0.1, -0.05) is 41.6 Å². The normalized spacial score (nSPS) is 24.2. The fraction of sp³-hybridized carbons (Fsp3) is 0.355. The highest BCUT2D eigenvalue weighted by Crippen LogP contribution is 2.47. The largest absolute Gasteiger partial charge is 0.483 e. The molecule has 2 aromatic carbocycles. The standard InChI is InChI=1S/C31H29F3N4O5/c1-17-10-11-31(28(34)18(2)36-43-31)24-15-37(17)30(41)25-27(42-16-19-6-4-3-5-7-19)26(39)22(14-38(24)25)29(40)35-13-20-8-9-21(32)12-23(20)33/h3-9,12,14,17,24,28H,10-11,13,15-16H2,1-2H3,(H,35,40)/t17-,24+,28?,31+/m0/s1. The highest BCUT2D eigenvalue weighted by Gasteiger charge is 2.59. The fourth-order valence-corrected chi connectivity index (χ4v) is 6.05. The fourth-order valence-electron chi connectivity index (χ4n) is 6.05. The van der Waals surface area contributed by atoms with E-state index in [0.29, 0.717) is 18.1 Å². The molecule has 3 aromatic rings. The highest BCUT2D eigenvalue weighted by atomic mass is 19.1. The van der Waals surface area contributed by atoms with Crippen LogP contribution in [0.5, 0.6) is 5.75 Å². The van der Waals surface area contributed by atoms with Crippen LogP contribution in [-0.2, 0) is 18.0 Å². The average molecular weight is 595 g/mol. The Morgan fingerprint density at radius 2 is 1.95 bits per heavy atom. The molecular formula is C31H29F3N4O5. The number of nitrogens with one attached hydrogen (secondary N) is 1. The van der Waals surface area contributed by atoms with Crippen LogP contribution < -0.4 is 15.5 Å². The van der Waals surface area contributed by atoms with E-state index in [-0.39, 0.29) is 54.9 Å². The lowest BCUT2D eigenvalue weighted by Crippen LogP contribution is -2.55. The molecule has 1 saturated heterocycles. The number of rotatable bonds is 6. The van der Waals surface area contributed by atoms with Gasteiger partial charge in [0.05, 0.1) is 11.8 Å². The van der Waals surface area contributed by atoms with Gasteiger partial charge in [0.1, 0.15) is 23.8 Å². The van der Waals surface area contributed by atoms with Gasteiger partial charge >= 0.3 is 0 Å². The Labute approximate surface area is 244 Å². The molecule has 0 aliphatic carbocycles. The van der Waals surface area contributed by atoms with Gasteiger partial charge < -0.3 is 24.4 Å². The second kappa shape index (κ2) is 10.9. The second-order valence-electron chi connectivity index (χ2n) is 11.2. The molecule has 1 spiro atoms. The molecule has 4 atom stereocenters. The van der Waals surface area contributed by atoms with E-state index >= 15 is 4.39 Å². The van der Waals surface area contributed by atoms with E-state index in [4.69, 9.17) is 9.57 Å². The molecule has 6 rings (SSSR count). The van der Waals surface area contributed by atoms with Crippen LogP contribution in [0, 0.1) is 11.6 Å². The van der Waals surface area contributed by atoms with Crippen molar-refractivity contribution >= 4 is 17.5 Å². The molecule has 0 saturated carbocycles. The number of fused-ring (bicyclic) bond motifs is 5. The van der Waals surface area contributed by atoms with E-state index in [1.54, 1.807) is 29.2 Å². The summed E-state index contributed by atoms with van der Waals surface area (Å²) in [6.45, 7) is 3.00. The smallest absolute Gasteiger partial charge is 0.274 e. The van der Waals surface area contributed by atoms with E-state index in [0.717, 1.165) is 6.07 Å². The molecule has 2 bridgehead atoms. The van der Waals surface area contributed by atoms with Crippen molar-refractivity contribution in [3.05, 3.63) is 99.0 Å². The maximum Gasteiger partial charge on any atom is 0.274 e. The molecule has 1 aromatic heterocycles. The lowest BCUT2D eigenvalue weighted by molar-refractivity contribution is -0.0957. The lowest BCUT2D eigenvalue weighted by atomic mass is 9.82. The Kier molecular flexibility index (Phi) is 7.23. The van der Waals surface area contributed by atoms with Crippen LogP contribution in [0.15, 0.2) is 64.7 Å². The molecule has 1 N–H and O–H groups in total. The van der Waals surface area contributed by atoms with Crippen LogP contribution in [0.4, 0.5) is 13.2 Å². The van der Waals surface area contributed by atoms with Crippen molar-refractivity contribution in [2.24, 2.45) is 5.16 Å². The first-order valence-electron chi connectivity index (χ1n) is 14.0. The van der Waals surface area contributed by atoms with Crippen LogP contribution in [0.2, 0.25) is 0 Å². The summed E-state index contributed by atoms with van der Waals surface area (Å²) in [6.07, 6.45) is 0.255. The minimum atomic E-state index is -1.60. The number of nitrogens with zero attached hydrogens (tertiary/aromatic N) is 3. The molecular weight excluding hydrogens is 565 g/mol. The van der Waals surface area contributed by atoms with E-state index in [9.17, 15) is 23.2 Å². The average Bonchev–Trinajstić information content (AvgIpc) is 3.20. The van der Waals surface area contributed by atoms with E-state index in [2.05, 4.69) is 10.5 Å². The molecule has 3 aliphatic rings. The number of halogens is 3. The Morgan fingerprint density at radius 1 is 1.19 bits per heavy atom. The van der Waals surface area contributed by atoms with Crippen LogP contribution >= 0.6 is 0 Å². The number of aromatic nitrogens is 1. The zero-order chi connectivity index (χ0) is 30.5. The van der Waals surface area contributed by atoms with Gasteiger partial charge in [0.2, 0.25) is 5.43 Å². The summed E-state index contributed by atoms with van der Waals surface area (Å²) >= 11 is 0. The summed E-state index contributed by atoms with van der Waals surface area (Å²) in [4.78, 5) is 48.6. The molecule has 224 valence electrons. The maximum absolute atomic E-state index is 15.9. The minimum absolute atomic E-state index is 0.00291. The van der Waals surface area contributed by atoms with Crippen molar-refractivity contribution in [1.82, 2.24) is 14.8 Å². The third kappa shape index (κ3) is 4.84. The van der Waals surface area contributed by atoms with Gasteiger partial charge in [0.15, 0.2) is 23.2 Å². The summed E-state index contributed by atoms with van der Waals surface area (Å²) in [5.74, 6) is -3.37. The van der Waals surface area contributed by atoms with Gasteiger partial charge in [-0.15, -0.1) is 0 Å². The van der Waals surface area contributed by atoms with Crippen molar-refractivity contribution in [3.63, 3.8) is 0 Å². The maximum atomic E-state index is 15.9. The predicted octanol–water partition coefficient (Wildman–Crippen LogP) is 4.30. The number of hydrogen-bond acceptors (Lipinski definition) is 6. The van der Waals surface area contributed by atoms with E-state index in [1.807, 2.05) is 13.0 Å². The number of oxime groups is 1. The highest BCUT2D eigenvalue weighted by molar-refractivity contribution is 5.99. The van der Waals surface area contributed by atoms with Crippen molar-refractivity contribution in [1.29, 1.82) is 0 Å². The van der Waals surface area contributed by atoms with Crippen LogP contribution in [0.25, 0.3) is 0 Å². The third-order valence-corrected chi connectivity index (χ3v) is 8.49. The molecule has 0 radical (unpaired) electrons. The first-order valence-corrected chi connectivity index (χ1v) is 14.0. The molecule has 3 aliphatic heterocycles. The summed E-state index contributed by atoms with van der Waals surface area (Å²) in [6, 6.07) is 10.7. The Morgan fingerprint density at radius 3 is 2.65 bits per heavy atom. The van der Waals surface area contributed by atoms with Gasteiger partial charge in [0, 0.05) is 37.0 Å². The van der Waals surface area contributed by atoms with E-state index in [1.165, 1.54) is 23.8 Å². The number of benzene rings is 2. The van der Waals surface area contributed by atoms with Crippen LogP contribution in [0.3, 0.4) is 0 Å². The Bertz CT molecular complexity index is 1690. The molecule has 12 heteroatoms. The number of amides is 2. The Balaban J connectivity index is 1.47. The molecule has 43 heavy (non-hydrogen) atoms. The molecule has 2 amide bonds. The van der Waals surface area contributed by atoms with Crippen molar-refractivity contribution in [2.75, 3.05) is 6.54 Å². The molecule has 1 unspecified atom stereocenters. The monoisotopic (exact) mass is 594 g/mol. The molecule has 1 fully saturated rings. The first-order chi connectivity index (χ1) is 20.6.